The van der Waals surface area contributed by atoms with Gasteiger partial charge in [0.25, 0.3) is 5.91 Å². The zero-order valence-electron chi connectivity index (χ0n) is 13.8. The predicted molar refractivity (Wildman–Crippen MR) is 95.4 cm³/mol. The third kappa shape index (κ3) is 3.20. The van der Waals surface area contributed by atoms with Crippen molar-refractivity contribution in [2.75, 3.05) is 19.8 Å². The number of amides is 1. The van der Waals surface area contributed by atoms with Gasteiger partial charge in [-0.2, -0.15) is 5.10 Å². The van der Waals surface area contributed by atoms with E-state index in [0.29, 0.717) is 25.5 Å². The molecule has 6 nitrogen and oxygen atoms in total. The molecule has 1 atom stereocenters. The third-order valence-electron chi connectivity index (χ3n) is 4.21. The van der Waals surface area contributed by atoms with Gasteiger partial charge in [-0.15, -0.1) is 11.3 Å². The van der Waals surface area contributed by atoms with Crippen LogP contribution in [0, 0.1) is 0 Å². The number of aryl methyl sites for hydroxylation is 1. The fourth-order valence-electron chi connectivity index (χ4n) is 2.92. The number of thiazole rings is 1. The summed E-state index contributed by atoms with van der Waals surface area (Å²) in [6.45, 7) is 1.53. The van der Waals surface area contributed by atoms with Gasteiger partial charge in [-0.25, -0.2) is 4.98 Å². The normalized spacial score (nSPS) is 17.6. The molecule has 2 aromatic heterocycles. The summed E-state index contributed by atoms with van der Waals surface area (Å²) in [5, 5.41) is 7.20. The Morgan fingerprint density at radius 2 is 2.12 bits per heavy atom. The summed E-state index contributed by atoms with van der Waals surface area (Å²) in [5.41, 5.74) is 2.40. The monoisotopic (exact) mass is 354 g/mol. The quantitative estimate of drug-likeness (QED) is 0.726. The summed E-state index contributed by atoms with van der Waals surface area (Å²) in [4.78, 5) is 19.4. The highest BCUT2D eigenvalue weighted by atomic mass is 32.1. The Balaban J connectivity index is 1.61. The SMILES string of the molecule is Cn1ccc(C(=O)N2CCOC[C@@H]2c2csc(-c3ccccc3)n2)n1. The van der Waals surface area contributed by atoms with Crippen molar-refractivity contribution in [3.63, 3.8) is 0 Å². The predicted octanol–water partition coefficient (Wildman–Crippen LogP) is 2.76. The molecule has 1 aliphatic rings. The molecule has 1 fully saturated rings. The average molecular weight is 354 g/mol. The molecular formula is C18H18N4O2S. The molecule has 0 radical (unpaired) electrons. The highest BCUT2D eigenvalue weighted by Gasteiger charge is 2.32. The van der Waals surface area contributed by atoms with Gasteiger partial charge in [0.05, 0.1) is 24.9 Å². The van der Waals surface area contributed by atoms with Gasteiger partial charge in [-0.05, 0) is 6.07 Å². The van der Waals surface area contributed by atoms with Crippen LogP contribution in [0.4, 0.5) is 0 Å². The van der Waals surface area contributed by atoms with Crippen LogP contribution in [0.1, 0.15) is 22.2 Å². The second kappa shape index (κ2) is 6.78. The van der Waals surface area contributed by atoms with Crippen LogP contribution in [-0.2, 0) is 11.8 Å². The number of hydrogen-bond donors (Lipinski definition) is 0. The Bertz CT molecular complexity index is 874. The summed E-state index contributed by atoms with van der Waals surface area (Å²) in [6.07, 6.45) is 1.78. The van der Waals surface area contributed by atoms with Gasteiger partial charge in [0.15, 0.2) is 0 Å². The molecule has 1 aliphatic heterocycles. The van der Waals surface area contributed by atoms with Crippen molar-refractivity contribution >= 4 is 17.2 Å². The van der Waals surface area contributed by atoms with E-state index in [1.54, 1.807) is 35.3 Å². The summed E-state index contributed by atoms with van der Waals surface area (Å²) < 4.78 is 7.26. The molecule has 0 bridgehead atoms. The van der Waals surface area contributed by atoms with Crippen molar-refractivity contribution in [1.29, 1.82) is 0 Å². The molecule has 0 spiro atoms. The van der Waals surface area contributed by atoms with E-state index in [-0.39, 0.29) is 11.9 Å². The largest absolute Gasteiger partial charge is 0.377 e. The number of hydrogen-bond acceptors (Lipinski definition) is 5. The maximum atomic E-state index is 12.8. The Morgan fingerprint density at radius 3 is 2.88 bits per heavy atom. The summed E-state index contributed by atoms with van der Waals surface area (Å²) in [7, 11) is 1.81. The Labute approximate surface area is 149 Å². The van der Waals surface area contributed by atoms with Gasteiger partial charge >= 0.3 is 0 Å². The first-order valence-electron chi connectivity index (χ1n) is 8.11. The molecule has 1 aromatic carbocycles. The number of nitrogens with zero attached hydrogens (tertiary/aromatic N) is 4. The third-order valence-corrected chi connectivity index (χ3v) is 5.12. The van der Waals surface area contributed by atoms with Crippen LogP contribution < -0.4 is 0 Å². The van der Waals surface area contributed by atoms with Crippen LogP contribution in [0.2, 0.25) is 0 Å². The van der Waals surface area contributed by atoms with Crippen LogP contribution >= 0.6 is 11.3 Å². The molecule has 4 rings (SSSR count). The lowest BCUT2D eigenvalue weighted by Gasteiger charge is -2.34. The van der Waals surface area contributed by atoms with E-state index in [0.717, 1.165) is 16.3 Å². The van der Waals surface area contributed by atoms with E-state index in [1.165, 1.54) is 0 Å². The van der Waals surface area contributed by atoms with Crippen molar-refractivity contribution in [3.8, 4) is 10.6 Å². The minimum absolute atomic E-state index is 0.0804. The Morgan fingerprint density at radius 1 is 1.28 bits per heavy atom. The minimum Gasteiger partial charge on any atom is -0.377 e. The van der Waals surface area contributed by atoms with Gasteiger partial charge in [-0.3, -0.25) is 9.48 Å². The summed E-state index contributed by atoms with van der Waals surface area (Å²) >= 11 is 1.59. The molecule has 128 valence electrons. The van der Waals surface area contributed by atoms with Gasteiger partial charge in [0.2, 0.25) is 0 Å². The molecule has 1 amide bonds. The first-order chi connectivity index (χ1) is 12.2. The molecule has 7 heteroatoms. The molecule has 3 aromatic rings. The standard InChI is InChI=1S/C18H18N4O2S/c1-21-8-7-14(20-21)18(23)22-9-10-24-11-16(22)15-12-25-17(19-15)13-5-3-2-4-6-13/h2-8,12,16H,9-11H2,1H3/t16-/m1/s1. The van der Waals surface area contributed by atoms with E-state index in [1.807, 2.05) is 40.6 Å². The summed E-state index contributed by atoms with van der Waals surface area (Å²) in [6, 6.07) is 11.6. The number of carbonyl (C=O) groups is 1. The zero-order valence-corrected chi connectivity index (χ0v) is 14.6. The number of rotatable bonds is 3. The average Bonchev–Trinajstić information content (AvgIpc) is 3.31. The molecule has 1 saturated heterocycles. The van der Waals surface area contributed by atoms with Gasteiger partial charge < -0.3 is 9.64 Å². The second-order valence-corrected chi connectivity index (χ2v) is 6.77. The molecule has 0 saturated carbocycles. The summed E-state index contributed by atoms with van der Waals surface area (Å²) in [5.74, 6) is -0.0804. The fourth-order valence-corrected chi connectivity index (χ4v) is 3.79. The van der Waals surface area contributed by atoms with Gasteiger partial charge in [-0.1, -0.05) is 30.3 Å². The van der Waals surface area contributed by atoms with Crippen molar-refractivity contribution in [1.82, 2.24) is 19.7 Å². The maximum absolute atomic E-state index is 12.8. The second-order valence-electron chi connectivity index (χ2n) is 5.91. The molecular weight excluding hydrogens is 336 g/mol. The first kappa shape index (κ1) is 16.0. The van der Waals surface area contributed by atoms with Crippen LogP contribution in [0.5, 0.6) is 0 Å². The van der Waals surface area contributed by atoms with Crippen LogP contribution in [0.3, 0.4) is 0 Å². The van der Waals surface area contributed by atoms with E-state index in [9.17, 15) is 4.79 Å². The van der Waals surface area contributed by atoms with Crippen molar-refractivity contribution < 1.29 is 9.53 Å². The van der Waals surface area contributed by atoms with Crippen LogP contribution in [0.15, 0.2) is 48.0 Å². The molecule has 0 aliphatic carbocycles. The smallest absolute Gasteiger partial charge is 0.275 e. The minimum atomic E-state index is -0.183. The zero-order chi connectivity index (χ0) is 17.2. The molecule has 25 heavy (non-hydrogen) atoms. The topological polar surface area (TPSA) is 60.2 Å². The molecule has 0 N–H and O–H groups in total. The number of morpholine rings is 1. The lowest BCUT2D eigenvalue weighted by Crippen LogP contribution is -2.43. The lowest BCUT2D eigenvalue weighted by molar-refractivity contribution is -0.00405. The van der Waals surface area contributed by atoms with E-state index < -0.39 is 0 Å². The highest BCUT2D eigenvalue weighted by Crippen LogP contribution is 2.30. The van der Waals surface area contributed by atoms with Crippen molar-refractivity contribution in [2.45, 2.75) is 6.04 Å². The number of carbonyl (C=O) groups excluding carboxylic acids is 1. The molecule has 3 heterocycles. The van der Waals surface area contributed by atoms with Crippen molar-refractivity contribution in [2.24, 2.45) is 7.05 Å². The van der Waals surface area contributed by atoms with E-state index in [4.69, 9.17) is 9.72 Å². The Hall–Kier alpha value is -2.51. The highest BCUT2D eigenvalue weighted by molar-refractivity contribution is 7.13. The van der Waals surface area contributed by atoms with Crippen LogP contribution in [-0.4, -0.2) is 45.3 Å². The number of aromatic nitrogens is 3. The van der Waals surface area contributed by atoms with Crippen molar-refractivity contribution in [3.05, 3.63) is 59.4 Å². The lowest BCUT2D eigenvalue weighted by atomic mass is 10.1. The number of benzene rings is 1. The fraction of sp³-hybridized carbons (Fsp3) is 0.278. The molecule has 0 unspecified atom stereocenters. The van der Waals surface area contributed by atoms with E-state index >= 15 is 0 Å². The van der Waals surface area contributed by atoms with E-state index in [2.05, 4.69) is 5.10 Å². The van der Waals surface area contributed by atoms with Gasteiger partial charge in [0, 0.05) is 30.7 Å². The first-order valence-corrected chi connectivity index (χ1v) is 8.99. The number of ether oxygens (including phenoxy) is 1. The Kier molecular flexibility index (Phi) is 4.33. The van der Waals surface area contributed by atoms with Gasteiger partial charge in [0.1, 0.15) is 10.7 Å². The maximum Gasteiger partial charge on any atom is 0.275 e. The van der Waals surface area contributed by atoms with Crippen LogP contribution in [0.25, 0.3) is 10.6 Å².